The second kappa shape index (κ2) is 13.5. The number of hydrogen-bond acceptors (Lipinski definition) is 11. The van der Waals surface area contributed by atoms with Crippen molar-refractivity contribution in [2.24, 2.45) is 17.3 Å². The summed E-state index contributed by atoms with van der Waals surface area (Å²) in [6, 6.07) is 0.940. The van der Waals surface area contributed by atoms with Gasteiger partial charge in [0.15, 0.2) is 17.1 Å². The van der Waals surface area contributed by atoms with Crippen LogP contribution in [0.1, 0.15) is 115 Å². The summed E-state index contributed by atoms with van der Waals surface area (Å²) in [7, 11) is 5.06. The number of hydrogen-bond donors (Lipinski definition) is 3. The molecule has 0 bridgehead atoms. The highest BCUT2D eigenvalue weighted by Gasteiger charge is 2.64. The Kier molecular flexibility index (Phi) is 9.99. The first-order valence-corrected chi connectivity index (χ1v) is 16.9. The van der Waals surface area contributed by atoms with Crippen LogP contribution in [0.15, 0.2) is 21.9 Å². The van der Waals surface area contributed by atoms with Gasteiger partial charge in [0.2, 0.25) is 5.78 Å². The van der Waals surface area contributed by atoms with Gasteiger partial charge in [-0.25, -0.2) is 0 Å². The fraction of sp³-hybridized carbons (Fsp3) is 0.611. The molecule has 12 nitrogen and oxygen atoms in total. The highest BCUT2D eigenvalue weighted by Crippen LogP contribution is 2.57. The number of ketones is 2. The van der Waals surface area contributed by atoms with Crippen LogP contribution in [0.25, 0.3) is 0 Å². The minimum Gasteiger partial charge on any atom is -0.508 e. The molecule has 48 heavy (non-hydrogen) atoms. The van der Waals surface area contributed by atoms with Crippen molar-refractivity contribution in [3.63, 3.8) is 0 Å². The number of methoxy groups -OCH3 is 1. The molecule has 0 fully saturated rings. The van der Waals surface area contributed by atoms with Crippen LogP contribution in [-0.4, -0.2) is 84.3 Å². The number of benzene rings is 1. The molecular weight excluding hydrogens is 618 g/mol. The Bertz CT molecular complexity index is 1620. The lowest BCUT2D eigenvalue weighted by Crippen LogP contribution is -2.59. The van der Waals surface area contributed by atoms with E-state index in [0.717, 1.165) is 12.8 Å². The highest BCUT2D eigenvalue weighted by atomic mass is 16.5. The van der Waals surface area contributed by atoms with Gasteiger partial charge < -0.3 is 34.3 Å². The number of nitrogens with one attached hydrogen (secondary N) is 1. The van der Waals surface area contributed by atoms with Crippen molar-refractivity contribution in [1.82, 2.24) is 15.4 Å². The average molecular weight is 668 g/mol. The van der Waals surface area contributed by atoms with Gasteiger partial charge >= 0.3 is 0 Å². The lowest BCUT2D eigenvalue weighted by atomic mass is 9.58. The Balaban J connectivity index is 1.67. The van der Waals surface area contributed by atoms with Crippen LogP contribution < -0.4 is 19.5 Å². The molecule has 0 unspecified atom stereocenters. The van der Waals surface area contributed by atoms with Gasteiger partial charge in [0, 0.05) is 23.6 Å². The Hall–Kier alpha value is -3.90. The summed E-state index contributed by atoms with van der Waals surface area (Å²) in [4.78, 5) is 44.4. The molecule has 4 atom stereocenters. The van der Waals surface area contributed by atoms with Crippen molar-refractivity contribution in [3.05, 3.63) is 45.4 Å². The van der Waals surface area contributed by atoms with E-state index >= 15 is 0 Å². The molecule has 3 aliphatic rings. The quantitative estimate of drug-likeness (QED) is 0.254. The molecule has 1 amide bonds. The van der Waals surface area contributed by atoms with Crippen molar-refractivity contribution in [1.29, 1.82) is 0 Å². The van der Waals surface area contributed by atoms with Crippen LogP contribution in [0.2, 0.25) is 0 Å². The molecular formula is C36H49N3O9. The first-order chi connectivity index (χ1) is 22.7. The Labute approximate surface area is 281 Å². The van der Waals surface area contributed by atoms with E-state index < -0.39 is 46.7 Å². The molecule has 5 rings (SSSR count). The van der Waals surface area contributed by atoms with Crippen molar-refractivity contribution >= 4 is 17.5 Å². The van der Waals surface area contributed by atoms with Crippen molar-refractivity contribution in [2.75, 3.05) is 41.0 Å². The highest BCUT2D eigenvalue weighted by molar-refractivity contribution is 6.17. The van der Waals surface area contributed by atoms with Crippen LogP contribution in [0.3, 0.4) is 0 Å². The maximum absolute atomic E-state index is 14.7. The summed E-state index contributed by atoms with van der Waals surface area (Å²) in [6.07, 6.45) is 3.49. The van der Waals surface area contributed by atoms with Gasteiger partial charge in [-0.3, -0.25) is 19.3 Å². The molecule has 0 spiro atoms. The van der Waals surface area contributed by atoms with Crippen molar-refractivity contribution in [2.45, 2.75) is 84.8 Å². The first kappa shape index (κ1) is 35.4. The van der Waals surface area contributed by atoms with Gasteiger partial charge in [-0.15, -0.1) is 0 Å². The zero-order valence-electron chi connectivity index (χ0n) is 29.3. The molecule has 3 aliphatic carbocycles. The minimum atomic E-state index is -2.45. The SMILES string of the molecule is CCCCOc1noc2c1C(=O)[C@@]1(O)C(O)=C3C(=O)c4c(c(OC)cc(C(=O)NCC(C)(C)C)c4OCCCC)C[C@H]3C[C@H]1[C@@H]2N(C)C. The molecule has 0 saturated carbocycles. The van der Waals surface area contributed by atoms with E-state index in [1.165, 1.54) is 7.11 Å². The second-order valence-corrected chi connectivity index (χ2v) is 14.5. The Morgan fingerprint density at radius 2 is 1.79 bits per heavy atom. The summed E-state index contributed by atoms with van der Waals surface area (Å²) in [5.41, 5.74) is -2.00. The first-order valence-electron chi connectivity index (χ1n) is 16.9. The van der Waals surface area contributed by atoms with E-state index in [-0.39, 0.29) is 71.1 Å². The number of rotatable bonds is 12. The van der Waals surface area contributed by atoms with Crippen LogP contribution >= 0.6 is 0 Å². The van der Waals surface area contributed by atoms with Crippen LogP contribution in [0.5, 0.6) is 17.4 Å². The number of aliphatic hydroxyl groups excluding tert-OH is 1. The number of carbonyl (C=O) groups excluding carboxylic acids is 3. The molecule has 262 valence electrons. The number of aliphatic hydroxyl groups is 2. The fourth-order valence-corrected chi connectivity index (χ4v) is 7.12. The molecule has 12 heteroatoms. The number of Topliss-reactive ketones (excluding diaryl/α,β-unsaturated/α-hetero) is 2. The number of fused-ring (bicyclic) bond motifs is 4. The molecule has 0 saturated heterocycles. The number of aromatic nitrogens is 1. The summed E-state index contributed by atoms with van der Waals surface area (Å²) in [5, 5.41) is 31.3. The maximum atomic E-state index is 14.7. The van der Waals surface area contributed by atoms with Crippen LogP contribution in [0.4, 0.5) is 0 Å². The summed E-state index contributed by atoms with van der Waals surface area (Å²) < 4.78 is 23.4. The third-order valence-corrected chi connectivity index (χ3v) is 9.56. The normalized spacial score (nSPS) is 23.3. The summed E-state index contributed by atoms with van der Waals surface area (Å²) >= 11 is 0. The zero-order valence-corrected chi connectivity index (χ0v) is 29.3. The van der Waals surface area contributed by atoms with Gasteiger partial charge in [0.25, 0.3) is 11.8 Å². The lowest BCUT2D eigenvalue weighted by molar-refractivity contribution is -0.0559. The van der Waals surface area contributed by atoms with Gasteiger partial charge in [-0.1, -0.05) is 47.5 Å². The predicted molar refractivity (Wildman–Crippen MR) is 177 cm³/mol. The number of ether oxygens (including phenoxy) is 3. The number of carbonyl (C=O) groups is 3. The van der Waals surface area contributed by atoms with Gasteiger partial charge in [-0.05, 0) is 62.3 Å². The monoisotopic (exact) mass is 667 g/mol. The second-order valence-electron chi connectivity index (χ2n) is 14.5. The number of allylic oxidation sites excluding steroid dienone is 1. The minimum absolute atomic E-state index is 0.0409. The zero-order chi connectivity index (χ0) is 35.1. The Morgan fingerprint density at radius 3 is 2.40 bits per heavy atom. The van der Waals surface area contributed by atoms with E-state index in [4.69, 9.17) is 18.7 Å². The molecule has 2 aromatic rings. The average Bonchev–Trinajstić information content (AvgIpc) is 3.44. The lowest BCUT2D eigenvalue weighted by Gasteiger charge is -2.49. The van der Waals surface area contributed by atoms with Gasteiger partial charge in [0.05, 0.1) is 37.5 Å². The molecule has 1 aromatic carbocycles. The molecule has 1 aromatic heterocycles. The molecule has 0 radical (unpaired) electrons. The topological polar surface area (TPSA) is 161 Å². The van der Waals surface area contributed by atoms with E-state index in [9.17, 15) is 24.6 Å². The third-order valence-electron chi connectivity index (χ3n) is 9.56. The third kappa shape index (κ3) is 5.97. The molecule has 1 heterocycles. The van der Waals surface area contributed by atoms with Crippen LogP contribution in [-0.2, 0) is 6.42 Å². The molecule has 3 N–H and O–H groups in total. The maximum Gasteiger partial charge on any atom is 0.265 e. The smallest absolute Gasteiger partial charge is 0.265 e. The van der Waals surface area contributed by atoms with Gasteiger partial charge in [0.1, 0.15) is 22.8 Å². The number of amides is 1. The van der Waals surface area contributed by atoms with E-state index in [1.807, 2.05) is 39.5 Å². The molecule has 0 aliphatic heterocycles. The van der Waals surface area contributed by atoms with E-state index in [2.05, 4.69) is 10.5 Å². The largest absolute Gasteiger partial charge is 0.508 e. The number of nitrogens with zero attached hydrogens (tertiary/aromatic N) is 2. The van der Waals surface area contributed by atoms with Crippen molar-refractivity contribution in [3.8, 4) is 17.4 Å². The predicted octanol–water partition coefficient (Wildman–Crippen LogP) is 5.23. The summed E-state index contributed by atoms with van der Waals surface area (Å²) in [5.74, 6) is -3.40. The summed E-state index contributed by atoms with van der Waals surface area (Å²) in [6.45, 7) is 10.9. The number of unbranched alkanes of at least 4 members (excludes halogenated alkanes) is 2. The van der Waals surface area contributed by atoms with Crippen LogP contribution in [0, 0.1) is 17.3 Å². The van der Waals surface area contributed by atoms with Crippen molar-refractivity contribution < 1.29 is 43.3 Å². The van der Waals surface area contributed by atoms with E-state index in [0.29, 0.717) is 30.7 Å². The van der Waals surface area contributed by atoms with E-state index in [1.54, 1.807) is 20.2 Å². The fourth-order valence-electron chi connectivity index (χ4n) is 7.12. The van der Waals surface area contributed by atoms with Gasteiger partial charge in [-0.2, -0.15) is 0 Å². The Morgan fingerprint density at radius 1 is 1.12 bits per heavy atom. The standard InChI is InChI=1S/C36H49N3O9/c1-9-11-13-46-29-21(33(43)37-18-35(3,4)5)17-23(45-8)20-15-19-16-22-27(39(6)7)30-26(34(38-48-30)47-14-12-10-2)32(42)36(22,44)31(41)24(19)28(40)25(20)29/h17,19,22,27,41,44H,9-16,18H2,1-8H3,(H,37,43)/t19-,22-,27-,36-/m0/s1.